The minimum Gasteiger partial charge on any atom is -0.327 e. The molecule has 0 saturated carbocycles. The van der Waals surface area contributed by atoms with E-state index in [4.69, 9.17) is 5.73 Å². The lowest BCUT2D eigenvalue weighted by atomic mass is 10.1. The van der Waals surface area contributed by atoms with Crippen LogP contribution in [0.5, 0.6) is 0 Å². The number of hydrogen-bond donors (Lipinski definition) is 1. The van der Waals surface area contributed by atoms with Gasteiger partial charge in [-0.1, -0.05) is 0 Å². The maximum Gasteiger partial charge on any atom is 0.251 e. The number of rotatable bonds is 2. The molecule has 0 aromatic heterocycles. The summed E-state index contributed by atoms with van der Waals surface area (Å²) in [6, 6.07) is 0.0995. The van der Waals surface area contributed by atoms with Gasteiger partial charge in [0.25, 0.3) is 6.43 Å². The zero-order valence-corrected chi connectivity index (χ0v) is 6.47. The van der Waals surface area contributed by atoms with Crippen molar-refractivity contribution in [2.24, 2.45) is 5.73 Å². The van der Waals surface area contributed by atoms with Gasteiger partial charge >= 0.3 is 0 Å². The Morgan fingerprint density at radius 3 is 2.82 bits per heavy atom. The fourth-order valence-corrected chi connectivity index (χ4v) is 1.45. The van der Waals surface area contributed by atoms with E-state index in [-0.39, 0.29) is 12.6 Å². The van der Waals surface area contributed by atoms with E-state index in [1.54, 1.807) is 4.90 Å². The summed E-state index contributed by atoms with van der Waals surface area (Å²) in [6.07, 6.45) is -0.298. The summed E-state index contributed by atoms with van der Waals surface area (Å²) >= 11 is 0. The minimum atomic E-state index is -2.22. The van der Waals surface area contributed by atoms with Gasteiger partial charge in [-0.05, 0) is 19.4 Å². The van der Waals surface area contributed by atoms with Gasteiger partial charge in [0, 0.05) is 12.6 Å². The standard InChI is InChI=1S/C7H14F2N2/c8-7(9)5-11-3-1-2-6(10)4-11/h6-7H,1-5,10H2. The Hall–Kier alpha value is -0.220. The molecule has 1 atom stereocenters. The van der Waals surface area contributed by atoms with Gasteiger partial charge in [-0.2, -0.15) is 0 Å². The van der Waals surface area contributed by atoms with E-state index in [2.05, 4.69) is 0 Å². The van der Waals surface area contributed by atoms with Gasteiger partial charge in [-0.15, -0.1) is 0 Å². The van der Waals surface area contributed by atoms with Crippen LogP contribution in [0.15, 0.2) is 0 Å². The number of nitrogens with two attached hydrogens (primary N) is 1. The second-order valence-electron chi connectivity index (χ2n) is 3.05. The van der Waals surface area contributed by atoms with Crippen LogP contribution in [-0.4, -0.2) is 37.0 Å². The molecule has 1 fully saturated rings. The molecule has 2 nitrogen and oxygen atoms in total. The van der Waals surface area contributed by atoms with Crippen molar-refractivity contribution < 1.29 is 8.78 Å². The molecule has 0 aromatic carbocycles. The third kappa shape index (κ3) is 3.12. The number of nitrogens with zero attached hydrogens (tertiary/aromatic N) is 1. The number of piperidine rings is 1. The van der Waals surface area contributed by atoms with Crippen LogP contribution < -0.4 is 5.73 Å². The summed E-state index contributed by atoms with van der Waals surface area (Å²) < 4.78 is 23.7. The first-order chi connectivity index (χ1) is 5.18. The van der Waals surface area contributed by atoms with Crippen LogP contribution in [0, 0.1) is 0 Å². The fraction of sp³-hybridized carbons (Fsp3) is 1.00. The van der Waals surface area contributed by atoms with Gasteiger partial charge in [-0.3, -0.25) is 4.90 Å². The molecule has 1 saturated heterocycles. The lowest BCUT2D eigenvalue weighted by molar-refractivity contribution is 0.0745. The molecular formula is C7H14F2N2. The lowest BCUT2D eigenvalue weighted by Crippen LogP contribution is -2.44. The van der Waals surface area contributed by atoms with Crippen molar-refractivity contribution in [3.63, 3.8) is 0 Å². The Bertz CT molecular complexity index is 117. The van der Waals surface area contributed by atoms with Crippen LogP contribution >= 0.6 is 0 Å². The predicted molar refractivity (Wildman–Crippen MR) is 39.7 cm³/mol. The topological polar surface area (TPSA) is 29.3 Å². The summed E-state index contributed by atoms with van der Waals surface area (Å²) in [5, 5.41) is 0. The SMILES string of the molecule is NC1CCCN(CC(F)F)C1. The second kappa shape index (κ2) is 3.97. The molecule has 0 spiro atoms. The normalized spacial score (nSPS) is 27.8. The Kier molecular flexibility index (Phi) is 3.20. The first-order valence-corrected chi connectivity index (χ1v) is 3.94. The Balaban J connectivity index is 2.23. The first kappa shape index (κ1) is 8.87. The van der Waals surface area contributed by atoms with Crippen molar-refractivity contribution in [3.8, 4) is 0 Å². The Labute approximate surface area is 65.4 Å². The highest BCUT2D eigenvalue weighted by Gasteiger charge is 2.18. The van der Waals surface area contributed by atoms with E-state index in [0.29, 0.717) is 6.54 Å². The maximum atomic E-state index is 11.9. The third-order valence-electron chi connectivity index (χ3n) is 1.94. The van der Waals surface area contributed by atoms with E-state index in [1.165, 1.54) is 0 Å². The maximum absolute atomic E-state index is 11.9. The lowest BCUT2D eigenvalue weighted by Gasteiger charge is -2.30. The quantitative estimate of drug-likeness (QED) is 0.650. The molecule has 1 aliphatic heterocycles. The molecule has 0 bridgehead atoms. The molecule has 1 aliphatic rings. The summed E-state index contributed by atoms with van der Waals surface area (Å²) in [6.45, 7) is 1.29. The molecule has 66 valence electrons. The summed E-state index contributed by atoms with van der Waals surface area (Å²) in [4.78, 5) is 1.73. The second-order valence-corrected chi connectivity index (χ2v) is 3.05. The Morgan fingerprint density at radius 1 is 1.55 bits per heavy atom. The summed E-state index contributed by atoms with van der Waals surface area (Å²) in [5.74, 6) is 0. The molecule has 1 heterocycles. The number of halogens is 2. The molecule has 11 heavy (non-hydrogen) atoms. The molecule has 1 unspecified atom stereocenters. The monoisotopic (exact) mass is 164 g/mol. The zero-order valence-electron chi connectivity index (χ0n) is 6.47. The third-order valence-corrected chi connectivity index (χ3v) is 1.94. The summed E-state index contributed by atoms with van der Waals surface area (Å²) in [7, 11) is 0. The smallest absolute Gasteiger partial charge is 0.251 e. The molecular weight excluding hydrogens is 150 g/mol. The van der Waals surface area contributed by atoms with Gasteiger partial charge in [0.15, 0.2) is 0 Å². The van der Waals surface area contributed by atoms with E-state index in [9.17, 15) is 8.78 Å². The zero-order chi connectivity index (χ0) is 8.27. The highest BCUT2D eigenvalue weighted by molar-refractivity contribution is 4.74. The Morgan fingerprint density at radius 2 is 2.27 bits per heavy atom. The van der Waals surface area contributed by atoms with Gasteiger partial charge < -0.3 is 5.73 Å². The van der Waals surface area contributed by atoms with Gasteiger partial charge in [0.05, 0.1) is 6.54 Å². The van der Waals surface area contributed by atoms with Crippen LogP contribution in [0.25, 0.3) is 0 Å². The van der Waals surface area contributed by atoms with Gasteiger partial charge in [0.1, 0.15) is 0 Å². The molecule has 1 rings (SSSR count). The van der Waals surface area contributed by atoms with Crippen molar-refractivity contribution >= 4 is 0 Å². The van der Waals surface area contributed by atoms with E-state index in [1.807, 2.05) is 0 Å². The molecule has 0 aliphatic carbocycles. The fourth-order valence-electron chi connectivity index (χ4n) is 1.45. The average Bonchev–Trinajstić information content (AvgIpc) is 1.85. The van der Waals surface area contributed by atoms with Crippen molar-refractivity contribution in [3.05, 3.63) is 0 Å². The van der Waals surface area contributed by atoms with E-state index in [0.717, 1.165) is 19.4 Å². The number of hydrogen-bond acceptors (Lipinski definition) is 2. The van der Waals surface area contributed by atoms with Crippen molar-refractivity contribution in [1.82, 2.24) is 4.90 Å². The van der Waals surface area contributed by atoms with Gasteiger partial charge in [0.2, 0.25) is 0 Å². The summed E-state index contributed by atoms with van der Waals surface area (Å²) in [5.41, 5.74) is 5.61. The van der Waals surface area contributed by atoms with Crippen molar-refractivity contribution in [2.75, 3.05) is 19.6 Å². The van der Waals surface area contributed by atoms with E-state index < -0.39 is 6.43 Å². The van der Waals surface area contributed by atoms with Crippen molar-refractivity contribution in [2.45, 2.75) is 25.3 Å². The van der Waals surface area contributed by atoms with Crippen molar-refractivity contribution in [1.29, 1.82) is 0 Å². The molecule has 0 radical (unpaired) electrons. The molecule has 2 N–H and O–H groups in total. The van der Waals surface area contributed by atoms with Crippen LogP contribution in [0.3, 0.4) is 0 Å². The average molecular weight is 164 g/mol. The highest BCUT2D eigenvalue weighted by atomic mass is 19.3. The van der Waals surface area contributed by atoms with Crippen LogP contribution in [0.2, 0.25) is 0 Å². The first-order valence-electron chi connectivity index (χ1n) is 3.94. The van der Waals surface area contributed by atoms with Gasteiger partial charge in [-0.25, -0.2) is 8.78 Å². The number of alkyl halides is 2. The molecule has 4 heteroatoms. The van der Waals surface area contributed by atoms with Crippen LogP contribution in [0.1, 0.15) is 12.8 Å². The molecule has 0 amide bonds. The number of likely N-dealkylation sites (tertiary alicyclic amines) is 1. The highest BCUT2D eigenvalue weighted by Crippen LogP contribution is 2.09. The largest absolute Gasteiger partial charge is 0.327 e. The van der Waals surface area contributed by atoms with E-state index >= 15 is 0 Å². The molecule has 0 aromatic rings. The minimum absolute atomic E-state index is 0.0995. The predicted octanol–water partition coefficient (Wildman–Crippen LogP) is 0.675. The van der Waals surface area contributed by atoms with Crippen LogP contribution in [-0.2, 0) is 0 Å². The van der Waals surface area contributed by atoms with Crippen LogP contribution in [0.4, 0.5) is 8.78 Å².